The van der Waals surface area contributed by atoms with Crippen LogP contribution in [0.25, 0.3) is 0 Å². The van der Waals surface area contributed by atoms with E-state index in [0.717, 1.165) is 11.1 Å². The minimum absolute atomic E-state index is 0.185. The van der Waals surface area contributed by atoms with Crippen molar-refractivity contribution >= 4 is 23.9 Å². The largest absolute Gasteiger partial charge is 0.467 e. The van der Waals surface area contributed by atoms with Gasteiger partial charge in [-0.1, -0.05) is 60.7 Å². The molecule has 2 atom stereocenters. The van der Waals surface area contributed by atoms with Gasteiger partial charge in [-0.3, -0.25) is 9.59 Å². The zero-order valence-corrected chi connectivity index (χ0v) is 20.5. The van der Waals surface area contributed by atoms with E-state index in [4.69, 9.17) is 9.47 Å². The minimum atomic E-state index is -0.992. The van der Waals surface area contributed by atoms with Crippen LogP contribution < -0.4 is 16.0 Å². The Morgan fingerprint density at radius 3 is 1.80 bits per heavy atom. The van der Waals surface area contributed by atoms with Crippen molar-refractivity contribution in [2.24, 2.45) is 0 Å². The van der Waals surface area contributed by atoms with E-state index in [9.17, 15) is 19.2 Å². The third-order valence-corrected chi connectivity index (χ3v) is 4.81. The fourth-order valence-corrected chi connectivity index (χ4v) is 3.23. The Morgan fingerprint density at radius 2 is 1.31 bits per heavy atom. The summed E-state index contributed by atoms with van der Waals surface area (Å²) in [5.74, 6) is -1.73. The number of carbonyl (C=O) groups is 4. The van der Waals surface area contributed by atoms with Crippen LogP contribution in [0.3, 0.4) is 0 Å². The first-order valence-corrected chi connectivity index (χ1v) is 11.3. The maximum Gasteiger partial charge on any atom is 0.408 e. The zero-order valence-electron chi connectivity index (χ0n) is 20.5. The van der Waals surface area contributed by atoms with Gasteiger partial charge in [-0.05, 0) is 31.9 Å². The lowest BCUT2D eigenvalue weighted by Crippen LogP contribution is -2.54. The molecule has 0 unspecified atom stereocenters. The summed E-state index contributed by atoms with van der Waals surface area (Å²) in [5.41, 5.74) is 0.942. The molecule has 2 aromatic rings. The molecule has 0 bridgehead atoms. The third-order valence-electron chi connectivity index (χ3n) is 4.81. The summed E-state index contributed by atoms with van der Waals surface area (Å²) in [4.78, 5) is 49.9. The minimum Gasteiger partial charge on any atom is -0.467 e. The molecule has 0 saturated heterocycles. The number of esters is 1. The van der Waals surface area contributed by atoms with Crippen molar-refractivity contribution in [1.82, 2.24) is 16.0 Å². The van der Waals surface area contributed by atoms with Gasteiger partial charge in [0.25, 0.3) is 0 Å². The highest BCUT2D eigenvalue weighted by atomic mass is 16.6. The highest BCUT2D eigenvalue weighted by Gasteiger charge is 2.28. The Labute approximate surface area is 205 Å². The molecular weight excluding hydrogens is 450 g/mol. The highest BCUT2D eigenvalue weighted by Crippen LogP contribution is 2.08. The molecule has 0 spiro atoms. The number of alkyl carbamates (subject to hydrolysis) is 1. The number of ether oxygens (including phenoxy) is 2. The van der Waals surface area contributed by atoms with Crippen LogP contribution in [0, 0.1) is 0 Å². The van der Waals surface area contributed by atoms with Crippen LogP contribution in [0.15, 0.2) is 60.7 Å². The molecule has 35 heavy (non-hydrogen) atoms. The number of rotatable bonds is 10. The van der Waals surface area contributed by atoms with Gasteiger partial charge in [-0.2, -0.15) is 0 Å². The average Bonchev–Trinajstić information content (AvgIpc) is 2.81. The van der Waals surface area contributed by atoms with Gasteiger partial charge < -0.3 is 25.4 Å². The summed E-state index contributed by atoms with van der Waals surface area (Å²) >= 11 is 0. The standard InChI is InChI=1S/C26H33N3O6/c1-26(2,3)35-25(33)27-17-22(30)28-20(15-18-11-7-5-8-12-18)23(31)29-21(24(32)34-4)16-19-13-9-6-10-14-19/h5-14,20-21H,15-17H2,1-4H3,(H,27,33)(H,28,30)(H,29,31)/t20-,21-/m0/s1. The first-order valence-electron chi connectivity index (χ1n) is 11.3. The number of amides is 3. The Balaban J connectivity index is 2.10. The molecule has 2 rings (SSSR count). The highest BCUT2D eigenvalue weighted by molar-refractivity contribution is 5.92. The van der Waals surface area contributed by atoms with E-state index in [1.165, 1.54) is 7.11 Å². The molecule has 0 aliphatic rings. The van der Waals surface area contributed by atoms with Crippen molar-refractivity contribution in [2.75, 3.05) is 13.7 Å². The fraction of sp³-hybridized carbons (Fsp3) is 0.385. The predicted molar refractivity (Wildman–Crippen MR) is 130 cm³/mol. The lowest BCUT2D eigenvalue weighted by molar-refractivity contribution is -0.145. The Kier molecular flexibility index (Phi) is 10.3. The number of benzene rings is 2. The monoisotopic (exact) mass is 483 g/mol. The Bertz CT molecular complexity index is 989. The smallest absolute Gasteiger partial charge is 0.408 e. The molecule has 9 heteroatoms. The molecule has 2 aromatic carbocycles. The van der Waals surface area contributed by atoms with Crippen molar-refractivity contribution < 1.29 is 28.7 Å². The van der Waals surface area contributed by atoms with Crippen molar-refractivity contribution in [2.45, 2.75) is 51.3 Å². The van der Waals surface area contributed by atoms with Gasteiger partial charge >= 0.3 is 12.1 Å². The van der Waals surface area contributed by atoms with Gasteiger partial charge in [0.1, 0.15) is 24.2 Å². The zero-order chi connectivity index (χ0) is 25.8. The number of nitrogens with one attached hydrogen (secondary N) is 3. The maximum absolute atomic E-state index is 13.2. The van der Waals surface area contributed by atoms with Crippen LogP contribution in [0.5, 0.6) is 0 Å². The van der Waals surface area contributed by atoms with Crippen LogP contribution in [0.2, 0.25) is 0 Å². The number of hydrogen-bond donors (Lipinski definition) is 3. The topological polar surface area (TPSA) is 123 Å². The van der Waals surface area contributed by atoms with Crippen molar-refractivity contribution in [3.05, 3.63) is 71.8 Å². The SMILES string of the molecule is COC(=O)[C@H](Cc1ccccc1)NC(=O)[C@H](Cc1ccccc1)NC(=O)CNC(=O)OC(C)(C)C. The Morgan fingerprint density at radius 1 is 0.800 bits per heavy atom. The van der Waals surface area contributed by atoms with Crippen molar-refractivity contribution in [3.63, 3.8) is 0 Å². The third kappa shape index (κ3) is 10.3. The van der Waals surface area contributed by atoms with Gasteiger partial charge in [0.05, 0.1) is 7.11 Å². The lowest BCUT2D eigenvalue weighted by atomic mass is 10.0. The maximum atomic E-state index is 13.2. The summed E-state index contributed by atoms with van der Waals surface area (Å²) in [6.45, 7) is 4.75. The van der Waals surface area contributed by atoms with E-state index in [-0.39, 0.29) is 19.4 Å². The van der Waals surface area contributed by atoms with Gasteiger partial charge in [0, 0.05) is 12.8 Å². The number of methoxy groups -OCH3 is 1. The van der Waals surface area contributed by atoms with E-state index in [1.807, 2.05) is 60.7 Å². The number of carbonyl (C=O) groups excluding carboxylic acids is 4. The number of hydrogen-bond acceptors (Lipinski definition) is 6. The average molecular weight is 484 g/mol. The van der Waals surface area contributed by atoms with Gasteiger partial charge in [-0.15, -0.1) is 0 Å². The van der Waals surface area contributed by atoms with Gasteiger partial charge in [0.15, 0.2) is 0 Å². The van der Waals surface area contributed by atoms with E-state index in [1.54, 1.807) is 20.8 Å². The molecule has 3 N–H and O–H groups in total. The first-order chi connectivity index (χ1) is 16.6. The molecule has 188 valence electrons. The van der Waals surface area contributed by atoms with Crippen LogP contribution in [-0.4, -0.2) is 55.2 Å². The molecule has 0 saturated carbocycles. The predicted octanol–water partition coefficient (Wildman–Crippen LogP) is 2.14. The molecule has 0 aliphatic heterocycles. The van der Waals surface area contributed by atoms with E-state index >= 15 is 0 Å². The van der Waals surface area contributed by atoms with E-state index < -0.39 is 41.6 Å². The second-order valence-electron chi connectivity index (χ2n) is 8.94. The summed E-state index contributed by atoms with van der Waals surface area (Å²) in [7, 11) is 1.25. The molecule has 0 radical (unpaired) electrons. The lowest BCUT2D eigenvalue weighted by Gasteiger charge is -2.23. The molecule has 0 fully saturated rings. The molecule has 0 aromatic heterocycles. The summed E-state index contributed by atoms with van der Waals surface area (Å²) in [5, 5.41) is 7.70. The van der Waals surface area contributed by atoms with Crippen LogP contribution in [0.4, 0.5) is 4.79 Å². The molecular formula is C26H33N3O6. The Hall–Kier alpha value is -3.88. The van der Waals surface area contributed by atoms with Crippen LogP contribution in [0.1, 0.15) is 31.9 Å². The van der Waals surface area contributed by atoms with Crippen LogP contribution in [-0.2, 0) is 36.7 Å². The summed E-state index contributed by atoms with van der Waals surface area (Å²) in [6, 6.07) is 16.4. The molecule has 0 aliphatic carbocycles. The van der Waals surface area contributed by atoms with Gasteiger partial charge in [0.2, 0.25) is 11.8 Å². The normalized spacial score (nSPS) is 12.6. The molecule has 0 heterocycles. The summed E-state index contributed by atoms with van der Waals surface area (Å²) in [6.07, 6.45) is -0.333. The first kappa shape index (κ1) is 27.4. The second-order valence-corrected chi connectivity index (χ2v) is 8.94. The second kappa shape index (κ2) is 13.1. The quantitative estimate of drug-likeness (QED) is 0.445. The summed E-state index contributed by atoms with van der Waals surface area (Å²) < 4.78 is 9.99. The molecule has 9 nitrogen and oxygen atoms in total. The van der Waals surface area contributed by atoms with Gasteiger partial charge in [-0.25, -0.2) is 9.59 Å². The van der Waals surface area contributed by atoms with Crippen LogP contribution >= 0.6 is 0 Å². The van der Waals surface area contributed by atoms with E-state index in [0.29, 0.717) is 0 Å². The fourth-order valence-electron chi connectivity index (χ4n) is 3.23. The van der Waals surface area contributed by atoms with Crippen molar-refractivity contribution in [3.8, 4) is 0 Å². The van der Waals surface area contributed by atoms with Crippen molar-refractivity contribution in [1.29, 1.82) is 0 Å². The van der Waals surface area contributed by atoms with E-state index in [2.05, 4.69) is 16.0 Å². The molecule has 3 amide bonds.